The Morgan fingerprint density at radius 2 is 1.76 bits per heavy atom. The molecule has 2 aromatic carbocycles. The maximum atomic E-state index is 14.0. The molecule has 0 spiro atoms. The number of benzene rings is 2. The van der Waals surface area contributed by atoms with Crippen molar-refractivity contribution in [2.45, 2.75) is 17.5 Å². The average Bonchev–Trinajstić information content (AvgIpc) is 3.06. The van der Waals surface area contributed by atoms with Crippen LogP contribution in [0.1, 0.15) is 16.7 Å². The number of aromatic nitrogens is 1. The molecule has 11 heteroatoms. The zero-order chi connectivity index (χ0) is 21.4. The van der Waals surface area contributed by atoms with Gasteiger partial charge in [-0.1, -0.05) is 23.7 Å². The molecule has 29 heavy (non-hydrogen) atoms. The summed E-state index contributed by atoms with van der Waals surface area (Å²) in [4.78, 5) is 2.34. The molecule has 2 N–H and O–H groups in total. The summed E-state index contributed by atoms with van der Waals surface area (Å²) in [6, 6.07) is 6.72. The fourth-order valence-electron chi connectivity index (χ4n) is 2.68. The average molecular weight is 451 g/mol. The second-order valence-electron chi connectivity index (χ2n) is 6.07. The van der Waals surface area contributed by atoms with E-state index in [0.717, 1.165) is 6.20 Å². The Morgan fingerprint density at radius 1 is 1.03 bits per heavy atom. The number of sulfonamides is 1. The summed E-state index contributed by atoms with van der Waals surface area (Å²) in [5.74, 6) is -3.36. The Morgan fingerprint density at radius 3 is 2.41 bits per heavy atom. The van der Waals surface area contributed by atoms with Gasteiger partial charge in [-0.15, -0.1) is 0 Å². The zero-order valence-corrected chi connectivity index (χ0v) is 15.9. The van der Waals surface area contributed by atoms with Crippen LogP contribution in [0.2, 0.25) is 5.02 Å². The van der Waals surface area contributed by atoms with Gasteiger partial charge >= 0.3 is 6.18 Å². The monoisotopic (exact) mass is 450 g/mol. The molecule has 4 nitrogen and oxygen atoms in total. The number of halogens is 6. The van der Waals surface area contributed by atoms with E-state index in [1.165, 1.54) is 6.20 Å². The van der Waals surface area contributed by atoms with E-state index in [9.17, 15) is 30.4 Å². The Bertz CT molecular complexity index is 1160. The third-order valence-corrected chi connectivity index (χ3v) is 5.65. The van der Waals surface area contributed by atoms with Crippen LogP contribution >= 0.6 is 11.6 Å². The van der Waals surface area contributed by atoms with E-state index in [0.29, 0.717) is 16.1 Å². The van der Waals surface area contributed by atoms with Gasteiger partial charge in [-0.05, 0) is 29.3 Å². The van der Waals surface area contributed by atoms with Gasteiger partial charge in [-0.2, -0.15) is 13.2 Å². The Balaban J connectivity index is 1.92. The molecule has 1 heterocycles. The lowest BCUT2D eigenvalue weighted by Crippen LogP contribution is -2.16. The van der Waals surface area contributed by atoms with Gasteiger partial charge in [0.2, 0.25) is 0 Å². The molecule has 0 fully saturated rings. The molecule has 0 saturated carbocycles. The summed E-state index contributed by atoms with van der Waals surface area (Å²) < 4.78 is 92.7. The number of hydrogen-bond acceptors (Lipinski definition) is 2. The first-order chi connectivity index (χ1) is 13.5. The van der Waals surface area contributed by atoms with Crippen LogP contribution in [0, 0.1) is 11.6 Å². The zero-order valence-electron chi connectivity index (χ0n) is 14.3. The number of aromatic amines is 1. The highest BCUT2D eigenvalue weighted by molar-refractivity contribution is 7.92. The summed E-state index contributed by atoms with van der Waals surface area (Å²) in [6.07, 6.45) is -2.43. The molecule has 0 atom stereocenters. The Kier molecular flexibility index (Phi) is 5.59. The van der Waals surface area contributed by atoms with Crippen LogP contribution in [0.25, 0.3) is 0 Å². The van der Waals surface area contributed by atoms with Crippen molar-refractivity contribution in [1.82, 2.24) is 4.98 Å². The molecule has 0 aliphatic rings. The summed E-state index contributed by atoms with van der Waals surface area (Å²) in [7, 11) is -4.42. The number of nitrogens with one attached hydrogen (secondary N) is 2. The van der Waals surface area contributed by atoms with E-state index in [4.69, 9.17) is 11.6 Å². The van der Waals surface area contributed by atoms with Crippen molar-refractivity contribution in [3.05, 3.63) is 82.1 Å². The minimum atomic E-state index is -5.12. The first kappa shape index (κ1) is 21.1. The van der Waals surface area contributed by atoms with Gasteiger partial charge in [-0.3, -0.25) is 4.72 Å². The van der Waals surface area contributed by atoms with Gasteiger partial charge < -0.3 is 4.98 Å². The normalized spacial score (nSPS) is 12.2. The first-order valence-electron chi connectivity index (χ1n) is 7.96. The third kappa shape index (κ3) is 4.70. The maximum absolute atomic E-state index is 14.0. The highest BCUT2D eigenvalue weighted by Crippen LogP contribution is 2.34. The van der Waals surface area contributed by atoms with E-state index in [-0.39, 0.29) is 23.4 Å². The largest absolute Gasteiger partial charge is 0.419 e. The topological polar surface area (TPSA) is 62.0 Å². The predicted molar refractivity (Wildman–Crippen MR) is 97.2 cm³/mol. The van der Waals surface area contributed by atoms with E-state index in [2.05, 4.69) is 4.98 Å². The van der Waals surface area contributed by atoms with Crippen LogP contribution in [0.4, 0.5) is 27.6 Å². The molecule has 0 saturated heterocycles. The van der Waals surface area contributed by atoms with E-state index in [1.807, 2.05) is 0 Å². The molecule has 0 amide bonds. The Labute approximate surface area is 167 Å². The molecule has 154 valence electrons. The van der Waals surface area contributed by atoms with Crippen molar-refractivity contribution in [2.24, 2.45) is 0 Å². The predicted octanol–water partition coefficient (Wildman–Crippen LogP) is 5.36. The standard InChI is InChI=1S/C18H12ClF5N2O2S/c19-12-3-1-2-10(5-12)4-11-8-25-9-17(11)29(27,28)26-16-7-14(20)13(6-15(16)21)18(22,23)24/h1-3,5-9,25-26H,4H2. The van der Waals surface area contributed by atoms with E-state index < -0.39 is 39.1 Å². The quantitative estimate of drug-likeness (QED) is 0.514. The van der Waals surface area contributed by atoms with Crippen LogP contribution in [-0.2, 0) is 22.6 Å². The van der Waals surface area contributed by atoms with Gasteiger partial charge in [0.05, 0.1) is 11.3 Å². The van der Waals surface area contributed by atoms with Crippen molar-refractivity contribution in [2.75, 3.05) is 4.72 Å². The fourth-order valence-corrected chi connectivity index (χ4v) is 4.15. The molecule has 3 rings (SSSR count). The minimum Gasteiger partial charge on any atom is -0.366 e. The van der Waals surface area contributed by atoms with Gasteiger partial charge in [0.1, 0.15) is 16.5 Å². The van der Waals surface area contributed by atoms with Gasteiger partial charge in [0.15, 0.2) is 0 Å². The molecule has 0 aliphatic heterocycles. The summed E-state index contributed by atoms with van der Waals surface area (Å²) in [6.45, 7) is 0. The Hall–Kier alpha value is -2.59. The van der Waals surface area contributed by atoms with Crippen LogP contribution in [-0.4, -0.2) is 13.4 Å². The second kappa shape index (κ2) is 7.68. The number of anilines is 1. The smallest absolute Gasteiger partial charge is 0.366 e. The van der Waals surface area contributed by atoms with Crippen molar-refractivity contribution in [1.29, 1.82) is 0 Å². The van der Waals surface area contributed by atoms with Crippen LogP contribution in [0.5, 0.6) is 0 Å². The SMILES string of the molecule is O=S(=O)(Nc1cc(F)c(C(F)(F)F)cc1F)c1c[nH]cc1Cc1cccc(Cl)c1. The number of H-pyrrole nitrogens is 1. The van der Waals surface area contributed by atoms with Gasteiger partial charge in [0.25, 0.3) is 10.0 Å². The molecule has 3 aromatic rings. The molecule has 1 aromatic heterocycles. The maximum Gasteiger partial charge on any atom is 0.419 e. The van der Waals surface area contributed by atoms with Gasteiger partial charge in [0, 0.05) is 29.9 Å². The van der Waals surface area contributed by atoms with Crippen molar-refractivity contribution in [3.63, 3.8) is 0 Å². The van der Waals surface area contributed by atoms with E-state index in [1.54, 1.807) is 29.0 Å². The van der Waals surface area contributed by atoms with Crippen molar-refractivity contribution >= 4 is 27.3 Å². The second-order valence-corrected chi connectivity index (χ2v) is 8.15. The van der Waals surface area contributed by atoms with E-state index >= 15 is 0 Å². The van der Waals surface area contributed by atoms with Crippen LogP contribution < -0.4 is 4.72 Å². The minimum absolute atomic E-state index is 0.100. The molecular formula is C18H12ClF5N2O2S. The molecule has 0 radical (unpaired) electrons. The fraction of sp³-hybridized carbons (Fsp3) is 0.111. The molecular weight excluding hydrogens is 439 g/mol. The molecule has 0 aliphatic carbocycles. The summed E-state index contributed by atoms with van der Waals surface area (Å²) in [5.41, 5.74) is -1.78. The number of alkyl halides is 3. The highest BCUT2D eigenvalue weighted by Gasteiger charge is 2.35. The van der Waals surface area contributed by atoms with Gasteiger partial charge in [-0.25, -0.2) is 17.2 Å². The summed E-state index contributed by atoms with van der Waals surface area (Å²) >= 11 is 5.90. The lowest BCUT2D eigenvalue weighted by atomic mass is 10.1. The highest BCUT2D eigenvalue weighted by atomic mass is 35.5. The van der Waals surface area contributed by atoms with Crippen LogP contribution in [0.3, 0.4) is 0 Å². The number of rotatable bonds is 5. The van der Waals surface area contributed by atoms with Crippen molar-refractivity contribution < 1.29 is 30.4 Å². The lowest BCUT2D eigenvalue weighted by molar-refractivity contribution is -0.140. The molecule has 0 bridgehead atoms. The third-order valence-electron chi connectivity index (χ3n) is 3.97. The molecule has 0 unspecified atom stereocenters. The lowest BCUT2D eigenvalue weighted by Gasteiger charge is -2.13. The van der Waals surface area contributed by atoms with Crippen LogP contribution in [0.15, 0.2) is 53.7 Å². The first-order valence-corrected chi connectivity index (χ1v) is 9.82. The summed E-state index contributed by atoms with van der Waals surface area (Å²) in [5, 5.41) is 0.447. The van der Waals surface area contributed by atoms with Crippen molar-refractivity contribution in [3.8, 4) is 0 Å². The number of hydrogen-bond donors (Lipinski definition) is 2.